The Morgan fingerprint density at radius 1 is 1.19 bits per heavy atom. The molecule has 0 atom stereocenters. The molecular weight excluding hydrogens is 268 g/mol. The third kappa shape index (κ3) is 4.03. The summed E-state index contributed by atoms with van der Waals surface area (Å²) in [7, 11) is 1.95. The van der Waals surface area contributed by atoms with Crippen LogP contribution in [0.25, 0.3) is 0 Å². The van der Waals surface area contributed by atoms with E-state index in [4.69, 9.17) is 4.74 Å². The highest BCUT2D eigenvalue weighted by Crippen LogP contribution is 2.22. The van der Waals surface area contributed by atoms with Crippen LogP contribution in [0.5, 0.6) is 0 Å². The summed E-state index contributed by atoms with van der Waals surface area (Å²) in [6.07, 6.45) is 5.56. The van der Waals surface area contributed by atoms with Gasteiger partial charge in [-0.25, -0.2) is 0 Å². The first-order valence-electron chi connectivity index (χ1n) is 7.85. The van der Waals surface area contributed by atoms with E-state index in [0.29, 0.717) is 13.2 Å². The van der Waals surface area contributed by atoms with Crippen molar-refractivity contribution >= 4 is 0 Å². The number of hydrogen-bond donors (Lipinski definition) is 1. The Balaban J connectivity index is 1.44. The van der Waals surface area contributed by atoms with E-state index in [2.05, 4.69) is 21.1 Å². The van der Waals surface area contributed by atoms with E-state index in [0.717, 1.165) is 52.1 Å². The molecule has 0 saturated carbocycles. The van der Waals surface area contributed by atoms with Crippen molar-refractivity contribution < 1.29 is 9.84 Å². The van der Waals surface area contributed by atoms with Crippen LogP contribution in [-0.2, 0) is 18.3 Å². The number of aliphatic hydroxyl groups is 1. The zero-order valence-corrected chi connectivity index (χ0v) is 12.9. The molecule has 0 radical (unpaired) electrons. The molecule has 2 fully saturated rings. The molecule has 0 aromatic carbocycles. The summed E-state index contributed by atoms with van der Waals surface area (Å²) >= 11 is 0. The lowest BCUT2D eigenvalue weighted by molar-refractivity contribution is -0.0842. The minimum atomic E-state index is -0.538. The Labute approximate surface area is 126 Å². The van der Waals surface area contributed by atoms with E-state index in [1.54, 1.807) is 0 Å². The van der Waals surface area contributed by atoms with Crippen molar-refractivity contribution in [3.63, 3.8) is 0 Å². The van der Waals surface area contributed by atoms with Crippen molar-refractivity contribution in [2.45, 2.75) is 25.0 Å². The van der Waals surface area contributed by atoms with Gasteiger partial charge in [-0.15, -0.1) is 0 Å². The van der Waals surface area contributed by atoms with Crippen molar-refractivity contribution in [1.82, 2.24) is 19.6 Å². The van der Waals surface area contributed by atoms with E-state index >= 15 is 0 Å². The lowest BCUT2D eigenvalue weighted by atomic mass is 9.93. The number of aromatic nitrogens is 2. The molecule has 3 heterocycles. The van der Waals surface area contributed by atoms with Crippen molar-refractivity contribution in [1.29, 1.82) is 0 Å². The molecule has 2 saturated heterocycles. The number of ether oxygens (including phenoxy) is 1. The number of β-amino-alcohol motifs (C(OH)–C–C–N with tert-alkyl or cyclic N) is 1. The Kier molecular flexibility index (Phi) is 4.59. The highest BCUT2D eigenvalue weighted by atomic mass is 16.5. The zero-order valence-electron chi connectivity index (χ0n) is 12.9. The summed E-state index contributed by atoms with van der Waals surface area (Å²) in [5.74, 6) is 0. The second-order valence-electron chi connectivity index (χ2n) is 6.41. The minimum Gasteiger partial charge on any atom is -0.388 e. The van der Waals surface area contributed by atoms with Gasteiger partial charge in [-0.3, -0.25) is 14.5 Å². The Morgan fingerprint density at radius 3 is 2.48 bits per heavy atom. The predicted molar refractivity (Wildman–Crippen MR) is 79.9 cm³/mol. The number of nitrogens with zero attached hydrogens (tertiary/aromatic N) is 4. The average Bonchev–Trinajstić information content (AvgIpc) is 2.87. The maximum Gasteiger partial charge on any atom is 0.0817 e. The van der Waals surface area contributed by atoms with E-state index in [1.807, 2.05) is 17.9 Å². The van der Waals surface area contributed by atoms with Gasteiger partial charge in [-0.1, -0.05) is 0 Å². The fourth-order valence-corrected chi connectivity index (χ4v) is 3.24. The number of hydrogen-bond acceptors (Lipinski definition) is 5. The molecule has 21 heavy (non-hydrogen) atoms. The molecule has 1 aromatic heterocycles. The summed E-state index contributed by atoms with van der Waals surface area (Å²) in [5, 5.41) is 14.8. The maximum absolute atomic E-state index is 10.6. The fourth-order valence-electron chi connectivity index (χ4n) is 3.24. The fraction of sp³-hybridized carbons (Fsp3) is 0.800. The molecular formula is C15H26N4O2. The first-order valence-corrected chi connectivity index (χ1v) is 7.85. The quantitative estimate of drug-likeness (QED) is 0.852. The summed E-state index contributed by atoms with van der Waals surface area (Å²) in [6, 6.07) is 0. The van der Waals surface area contributed by atoms with Gasteiger partial charge in [-0.2, -0.15) is 5.10 Å². The molecule has 0 aliphatic carbocycles. The van der Waals surface area contributed by atoms with Gasteiger partial charge >= 0.3 is 0 Å². The van der Waals surface area contributed by atoms with E-state index < -0.39 is 5.60 Å². The molecule has 1 aromatic rings. The van der Waals surface area contributed by atoms with Crippen LogP contribution >= 0.6 is 0 Å². The number of aryl methyl sites for hydroxylation is 1. The third-order valence-electron chi connectivity index (χ3n) is 4.57. The normalized spacial score (nSPS) is 24.3. The van der Waals surface area contributed by atoms with Crippen LogP contribution in [0.15, 0.2) is 12.4 Å². The van der Waals surface area contributed by atoms with Crippen molar-refractivity contribution in [2.75, 3.05) is 45.9 Å². The number of rotatable bonds is 4. The smallest absolute Gasteiger partial charge is 0.0817 e. The van der Waals surface area contributed by atoms with Crippen LogP contribution in [0.2, 0.25) is 0 Å². The summed E-state index contributed by atoms with van der Waals surface area (Å²) in [4.78, 5) is 4.85. The summed E-state index contributed by atoms with van der Waals surface area (Å²) in [5.41, 5.74) is 0.734. The highest BCUT2D eigenvalue weighted by molar-refractivity contribution is 5.03. The molecule has 0 spiro atoms. The lowest BCUT2D eigenvalue weighted by Crippen LogP contribution is -2.53. The van der Waals surface area contributed by atoms with Gasteiger partial charge in [-0.05, 0) is 0 Å². The van der Waals surface area contributed by atoms with Crippen LogP contribution in [0, 0.1) is 0 Å². The molecule has 118 valence electrons. The van der Waals surface area contributed by atoms with Crippen LogP contribution in [0.3, 0.4) is 0 Å². The zero-order chi connectivity index (χ0) is 14.7. The number of piperazine rings is 1. The Hall–Kier alpha value is -0.950. The van der Waals surface area contributed by atoms with Gasteiger partial charge in [0.25, 0.3) is 0 Å². The van der Waals surface area contributed by atoms with E-state index in [9.17, 15) is 5.11 Å². The molecule has 2 aliphatic heterocycles. The summed E-state index contributed by atoms with van der Waals surface area (Å²) in [6.45, 7) is 7.32. The van der Waals surface area contributed by atoms with Gasteiger partial charge in [0.2, 0.25) is 0 Å². The SMILES string of the molecule is Cn1cc(CN2CCN(CC3(O)CCOCC3)CC2)cn1. The van der Waals surface area contributed by atoms with Crippen LogP contribution in [0.4, 0.5) is 0 Å². The second kappa shape index (κ2) is 6.44. The first-order chi connectivity index (χ1) is 10.1. The van der Waals surface area contributed by atoms with Crippen LogP contribution in [0.1, 0.15) is 18.4 Å². The molecule has 1 N–H and O–H groups in total. The van der Waals surface area contributed by atoms with Gasteiger partial charge in [0, 0.05) is 84.1 Å². The van der Waals surface area contributed by atoms with Gasteiger partial charge in [0.15, 0.2) is 0 Å². The predicted octanol–water partition coefficient (Wildman–Crippen LogP) is 0.0792. The second-order valence-corrected chi connectivity index (χ2v) is 6.41. The van der Waals surface area contributed by atoms with Crippen molar-refractivity contribution in [3.8, 4) is 0 Å². The van der Waals surface area contributed by atoms with Crippen LogP contribution in [-0.4, -0.2) is 76.2 Å². The average molecular weight is 294 g/mol. The molecule has 6 nitrogen and oxygen atoms in total. The van der Waals surface area contributed by atoms with Crippen molar-refractivity contribution in [3.05, 3.63) is 18.0 Å². The molecule has 0 amide bonds. The van der Waals surface area contributed by atoms with E-state index in [-0.39, 0.29) is 0 Å². The first kappa shape index (κ1) is 15.0. The van der Waals surface area contributed by atoms with Gasteiger partial charge in [0.1, 0.15) is 0 Å². The molecule has 0 bridgehead atoms. The van der Waals surface area contributed by atoms with Gasteiger partial charge < -0.3 is 9.84 Å². The molecule has 3 rings (SSSR count). The lowest BCUT2D eigenvalue weighted by Gasteiger charge is -2.40. The largest absolute Gasteiger partial charge is 0.388 e. The Morgan fingerprint density at radius 2 is 1.86 bits per heavy atom. The van der Waals surface area contributed by atoms with Crippen molar-refractivity contribution in [2.24, 2.45) is 7.05 Å². The topological polar surface area (TPSA) is 53.8 Å². The Bertz CT molecular complexity index is 448. The van der Waals surface area contributed by atoms with Crippen LogP contribution < -0.4 is 0 Å². The maximum atomic E-state index is 10.6. The standard InChI is InChI=1S/C15H26N4O2/c1-17-11-14(10-16-17)12-18-4-6-19(7-5-18)13-15(20)2-8-21-9-3-15/h10-11,20H,2-9,12-13H2,1H3. The molecule has 2 aliphatic rings. The molecule has 6 heteroatoms. The van der Waals surface area contributed by atoms with Gasteiger partial charge in [0.05, 0.1) is 11.8 Å². The monoisotopic (exact) mass is 294 g/mol. The highest BCUT2D eigenvalue weighted by Gasteiger charge is 2.32. The molecule has 0 unspecified atom stereocenters. The summed E-state index contributed by atoms with van der Waals surface area (Å²) < 4.78 is 7.20. The minimum absolute atomic E-state index is 0.538. The van der Waals surface area contributed by atoms with E-state index in [1.165, 1.54) is 5.56 Å². The third-order valence-corrected chi connectivity index (χ3v) is 4.57.